The number of anilines is 1. The van der Waals surface area contributed by atoms with Crippen LogP contribution in [-0.2, 0) is 4.74 Å². The van der Waals surface area contributed by atoms with Crippen molar-refractivity contribution in [3.63, 3.8) is 0 Å². The number of aromatic nitrogens is 2. The molecule has 0 N–H and O–H groups in total. The van der Waals surface area contributed by atoms with Crippen LogP contribution in [0.3, 0.4) is 0 Å². The van der Waals surface area contributed by atoms with Crippen LogP contribution in [0.2, 0.25) is 0 Å². The lowest BCUT2D eigenvalue weighted by Gasteiger charge is -2.40. The van der Waals surface area contributed by atoms with E-state index in [2.05, 4.69) is 52.9 Å². The van der Waals surface area contributed by atoms with Gasteiger partial charge in [0, 0.05) is 37.6 Å². The highest BCUT2D eigenvalue weighted by Crippen LogP contribution is 2.44. The van der Waals surface area contributed by atoms with Crippen LogP contribution >= 0.6 is 11.8 Å². The molecule has 2 aromatic heterocycles. The maximum Gasteiger partial charge on any atom is 0.147 e. The van der Waals surface area contributed by atoms with Crippen LogP contribution in [0.1, 0.15) is 37.7 Å². The Morgan fingerprint density at radius 1 is 1.12 bits per heavy atom. The fraction of sp³-hybridized carbons (Fsp3) is 0.519. The van der Waals surface area contributed by atoms with E-state index in [4.69, 9.17) is 19.2 Å². The minimum absolute atomic E-state index is 0.479. The average Bonchev–Trinajstić information content (AvgIpc) is 3.22. The summed E-state index contributed by atoms with van der Waals surface area (Å²) >= 11 is 1.73. The predicted molar refractivity (Wildman–Crippen MR) is 139 cm³/mol. The molecular weight excluding hydrogens is 446 g/mol. The van der Waals surface area contributed by atoms with E-state index in [9.17, 15) is 0 Å². The first-order chi connectivity index (χ1) is 16.6. The van der Waals surface area contributed by atoms with E-state index in [0.717, 1.165) is 77.4 Å². The number of imidazole rings is 1. The quantitative estimate of drug-likeness (QED) is 0.377. The third kappa shape index (κ3) is 4.24. The number of aryl methyl sites for hydroxylation is 1. The second-order valence-electron chi connectivity index (χ2n) is 9.40. The Balaban J connectivity index is 1.68. The molecule has 3 heterocycles. The van der Waals surface area contributed by atoms with Crippen molar-refractivity contribution in [1.82, 2.24) is 9.38 Å². The van der Waals surface area contributed by atoms with E-state index < -0.39 is 0 Å². The first-order valence-electron chi connectivity index (χ1n) is 12.3. The monoisotopic (exact) mass is 481 g/mol. The summed E-state index contributed by atoms with van der Waals surface area (Å²) in [6, 6.07) is 8.84. The van der Waals surface area contributed by atoms with Crippen LogP contribution in [0.5, 0.6) is 11.5 Å². The number of thioether (sulfide) groups is 1. The number of rotatable bonds is 8. The standard InChI is InChI=1S/C27H35N3O3S/c1-18-15-22(31-2)24(23(16-18)32-3)21-9-6-12-29-25(21)28-26(34-4)27(29)30(17-19-7-5-8-19)20-10-13-33-14-11-20/h6,9,12,15-16,19-20H,5,7-8,10-11,13-14,17H2,1-4H3. The minimum Gasteiger partial charge on any atom is -0.496 e. The molecule has 0 radical (unpaired) electrons. The second kappa shape index (κ2) is 10.1. The van der Waals surface area contributed by atoms with E-state index in [0.29, 0.717) is 6.04 Å². The lowest BCUT2D eigenvalue weighted by atomic mass is 9.84. The van der Waals surface area contributed by atoms with Crippen molar-refractivity contribution in [2.75, 3.05) is 45.1 Å². The Morgan fingerprint density at radius 3 is 2.41 bits per heavy atom. The van der Waals surface area contributed by atoms with Gasteiger partial charge < -0.3 is 19.1 Å². The summed E-state index contributed by atoms with van der Waals surface area (Å²) in [6.45, 7) is 4.81. The molecule has 0 spiro atoms. The van der Waals surface area contributed by atoms with Gasteiger partial charge in [-0.3, -0.25) is 4.40 Å². The molecule has 2 aliphatic rings. The van der Waals surface area contributed by atoms with Gasteiger partial charge in [0.15, 0.2) is 0 Å². The van der Waals surface area contributed by atoms with E-state index in [1.54, 1.807) is 26.0 Å². The third-order valence-electron chi connectivity index (χ3n) is 7.29. The Labute approximate surface area is 206 Å². The first-order valence-corrected chi connectivity index (χ1v) is 13.5. The SMILES string of the molecule is COc1cc(C)cc(OC)c1-c1cccn2c(N(CC3CCC3)C3CCOCC3)c(SC)nc12. The highest BCUT2D eigenvalue weighted by Gasteiger charge is 2.31. The molecule has 0 bridgehead atoms. The zero-order valence-corrected chi connectivity index (χ0v) is 21.5. The molecule has 0 atom stereocenters. The van der Waals surface area contributed by atoms with Gasteiger partial charge in [0.1, 0.15) is 28.0 Å². The number of benzene rings is 1. The van der Waals surface area contributed by atoms with Gasteiger partial charge in [-0.25, -0.2) is 4.98 Å². The van der Waals surface area contributed by atoms with Crippen molar-refractivity contribution in [2.45, 2.75) is 50.1 Å². The van der Waals surface area contributed by atoms with Gasteiger partial charge in [-0.15, -0.1) is 11.8 Å². The van der Waals surface area contributed by atoms with Crippen LogP contribution in [-0.4, -0.2) is 55.7 Å². The Kier molecular flexibility index (Phi) is 6.93. The molecule has 1 aliphatic carbocycles. The highest BCUT2D eigenvalue weighted by molar-refractivity contribution is 7.98. The molecule has 2 fully saturated rings. The van der Waals surface area contributed by atoms with E-state index in [1.807, 2.05) is 0 Å². The Bertz CT molecular complexity index is 1130. The van der Waals surface area contributed by atoms with E-state index >= 15 is 0 Å². The summed E-state index contributed by atoms with van der Waals surface area (Å²) in [5, 5.41) is 1.07. The van der Waals surface area contributed by atoms with Gasteiger partial charge in [-0.05, 0) is 74.6 Å². The average molecular weight is 482 g/mol. The molecule has 1 saturated heterocycles. The minimum atomic E-state index is 0.479. The fourth-order valence-electron chi connectivity index (χ4n) is 5.30. The van der Waals surface area contributed by atoms with Crippen LogP contribution < -0.4 is 14.4 Å². The molecule has 5 rings (SSSR count). The molecule has 182 valence electrons. The number of methoxy groups -OCH3 is 2. The zero-order chi connectivity index (χ0) is 23.7. The van der Waals surface area contributed by atoms with Crippen molar-refractivity contribution in [1.29, 1.82) is 0 Å². The second-order valence-corrected chi connectivity index (χ2v) is 10.2. The maximum absolute atomic E-state index is 5.81. The number of hydrogen-bond acceptors (Lipinski definition) is 6. The van der Waals surface area contributed by atoms with Crippen LogP contribution in [0.25, 0.3) is 16.8 Å². The molecular formula is C27H35N3O3S. The van der Waals surface area contributed by atoms with Crippen molar-refractivity contribution in [2.24, 2.45) is 5.92 Å². The van der Waals surface area contributed by atoms with Gasteiger partial charge in [-0.2, -0.15) is 0 Å². The Morgan fingerprint density at radius 2 is 1.82 bits per heavy atom. The summed E-state index contributed by atoms with van der Waals surface area (Å²) < 4.78 is 19.6. The number of pyridine rings is 1. The first kappa shape index (κ1) is 23.4. The number of ether oxygens (including phenoxy) is 3. The van der Waals surface area contributed by atoms with Crippen molar-refractivity contribution < 1.29 is 14.2 Å². The molecule has 1 aliphatic heterocycles. The largest absolute Gasteiger partial charge is 0.496 e. The number of hydrogen-bond donors (Lipinski definition) is 0. The maximum atomic E-state index is 5.81. The molecule has 3 aromatic rings. The highest BCUT2D eigenvalue weighted by atomic mass is 32.2. The van der Waals surface area contributed by atoms with Crippen LogP contribution in [0.4, 0.5) is 5.82 Å². The summed E-state index contributed by atoms with van der Waals surface area (Å²) in [4.78, 5) is 7.83. The molecule has 7 heteroatoms. The molecule has 34 heavy (non-hydrogen) atoms. The smallest absolute Gasteiger partial charge is 0.147 e. The fourth-order valence-corrected chi connectivity index (χ4v) is 5.87. The normalized spacial score (nSPS) is 17.1. The summed E-state index contributed by atoms with van der Waals surface area (Å²) in [7, 11) is 3.43. The van der Waals surface area contributed by atoms with Gasteiger partial charge in [-0.1, -0.05) is 6.42 Å². The molecule has 6 nitrogen and oxygen atoms in total. The van der Waals surface area contributed by atoms with Gasteiger partial charge >= 0.3 is 0 Å². The predicted octanol–water partition coefficient (Wildman–Crippen LogP) is 5.83. The molecule has 1 aromatic carbocycles. The number of fused-ring (bicyclic) bond motifs is 1. The van der Waals surface area contributed by atoms with Gasteiger partial charge in [0.2, 0.25) is 0 Å². The molecule has 0 amide bonds. The third-order valence-corrected chi connectivity index (χ3v) is 7.95. The number of nitrogens with zero attached hydrogens (tertiary/aromatic N) is 3. The van der Waals surface area contributed by atoms with Crippen molar-refractivity contribution in [3.8, 4) is 22.6 Å². The van der Waals surface area contributed by atoms with E-state index in [1.165, 1.54) is 25.1 Å². The van der Waals surface area contributed by atoms with E-state index in [-0.39, 0.29) is 0 Å². The summed E-state index contributed by atoms with van der Waals surface area (Å²) in [5.74, 6) is 3.59. The summed E-state index contributed by atoms with van der Waals surface area (Å²) in [5.41, 5.74) is 4.01. The van der Waals surface area contributed by atoms with Crippen LogP contribution in [0, 0.1) is 12.8 Å². The van der Waals surface area contributed by atoms with Crippen LogP contribution in [0.15, 0.2) is 35.5 Å². The van der Waals surface area contributed by atoms with Crippen molar-refractivity contribution in [3.05, 3.63) is 36.0 Å². The molecule has 0 unspecified atom stereocenters. The lowest BCUT2D eigenvalue weighted by molar-refractivity contribution is 0.0825. The lowest BCUT2D eigenvalue weighted by Crippen LogP contribution is -2.44. The zero-order valence-electron chi connectivity index (χ0n) is 20.7. The molecule has 1 saturated carbocycles. The van der Waals surface area contributed by atoms with Gasteiger partial charge in [0.25, 0.3) is 0 Å². The summed E-state index contributed by atoms with van der Waals surface area (Å²) in [6.07, 6.45) is 10.4. The topological polar surface area (TPSA) is 48.2 Å². The Hall–Kier alpha value is -2.38. The van der Waals surface area contributed by atoms with Gasteiger partial charge in [0.05, 0.1) is 19.8 Å². The van der Waals surface area contributed by atoms with Crippen molar-refractivity contribution >= 4 is 23.2 Å².